The van der Waals surface area contributed by atoms with Gasteiger partial charge in [0.1, 0.15) is 0 Å². The third-order valence-corrected chi connectivity index (χ3v) is 5.33. The number of carbonyl (C=O) groups is 4. The maximum absolute atomic E-state index is 12.0. The molecule has 0 heterocycles. The largest absolute Gasteiger partial charge is 0.456 e. The number of carbonyl (C=O) groups excluding carboxylic acids is 4. The van der Waals surface area contributed by atoms with E-state index in [4.69, 9.17) is 27.9 Å². The van der Waals surface area contributed by atoms with Crippen LogP contribution in [0.25, 0.3) is 0 Å². The van der Waals surface area contributed by atoms with E-state index in [0.717, 1.165) is 5.56 Å². The topological polar surface area (TPSA) is 114 Å². The monoisotopic (exact) mass is 529 g/mol. The molecule has 164 valence electrons. The van der Waals surface area contributed by atoms with Crippen LogP contribution in [0, 0.1) is 6.92 Å². The Labute approximate surface area is 196 Å². The Kier molecular flexibility index (Phi) is 9.29. The average Bonchev–Trinajstić information content (AvgIpc) is 2.73. The van der Waals surface area contributed by atoms with Crippen LogP contribution in [-0.4, -0.2) is 30.3 Å². The van der Waals surface area contributed by atoms with Crippen molar-refractivity contribution in [3.05, 3.63) is 62.0 Å². The van der Waals surface area contributed by atoms with Crippen molar-refractivity contribution in [2.75, 3.05) is 11.9 Å². The first-order chi connectivity index (χ1) is 14.7. The molecular weight excluding hydrogens is 513 g/mol. The number of aryl methyl sites for hydroxylation is 1. The minimum Gasteiger partial charge on any atom is -0.456 e. The van der Waals surface area contributed by atoms with E-state index in [9.17, 15) is 19.2 Å². The SMILES string of the molecule is Cc1cc(Br)c(Cl)cc1NC(=O)COC(=O)CCC(=O)NNC(=O)c1ccc(Cl)cc1. The summed E-state index contributed by atoms with van der Waals surface area (Å²) in [5.41, 5.74) is 5.98. The highest BCUT2D eigenvalue weighted by Crippen LogP contribution is 2.28. The summed E-state index contributed by atoms with van der Waals surface area (Å²) in [6.07, 6.45) is -0.498. The summed E-state index contributed by atoms with van der Waals surface area (Å²) < 4.78 is 5.55. The normalized spacial score (nSPS) is 10.2. The number of hydrogen-bond acceptors (Lipinski definition) is 5. The Morgan fingerprint density at radius 3 is 2.32 bits per heavy atom. The molecule has 0 aliphatic rings. The Hall–Kier alpha value is -2.62. The second-order valence-electron chi connectivity index (χ2n) is 6.30. The summed E-state index contributed by atoms with van der Waals surface area (Å²) >= 11 is 15.0. The summed E-state index contributed by atoms with van der Waals surface area (Å²) in [4.78, 5) is 47.3. The molecule has 0 fully saturated rings. The molecule has 0 saturated heterocycles. The van der Waals surface area contributed by atoms with Gasteiger partial charge in [-0.1, -0.05) is 23.2 Å². The van der Waals surface area contributed by atoms with Crippen LogP contribution in [0.3, 0.4) is 0 Å². The minimum atomic E-state index is -0.736. The van der Waals surface area contributed by atoms with E-state index < -0.39 is 30.3 Å². The molecular formula is C20H18BrCl2N3O5. The van der Waals surface area contributed by atoms with Gasteiger partial charge in [0.2, 0.25) is 5.91 Å². The van der Waals surface area contributed by atoms with E-state index in [1.54, 1.807) is 19.1 Å². The molecule has 11 heteroatoms. The zero-order chi connectivity index (χ0) is 23.0. The van der Waals surface area contributed by atoms with Gasteiger partial charge in [0.05, 0.1) is 11.4 Å². The second-order valence-corrected chi connectivity index (χ2v) is 8.00. The molecule has 0 aliphatic carbocycles. The summed E-state index contributed by atoms with van der Waals surface area (Å²) in [7, 11) is 0. The van der Waals surface area contributed by atoms with Gasteiger partial charge in [-0.15, -0.1) is 0 Å². The number of benzene rings is 2. The van der Waals surface area contributed by atoms with Gasteiger partial charge in [0.15, 0.2) is 6.61 Å². The molecule has 0 bridgehead atoms. The van der Waals surface area contributed by atoms with Gasteiger partial charge in [0.25, 0.3) is 11.8 Å². The zero-order valence-electron chi connectivity index (χ0n) is 16.3. The average molecular weight is 531 g/mol. The second kappa shape index (κ2) is 11.7. The summed E-state index contributed by atoms with van der Waals surface area (Å²) in [5, 5.41) is 3.49. The van der Waals surface area contributed by atoms with Crippen LogP contribution in [0.2, 0.25) is 10.0 Å². The van der Waals surface area contributed by atoms with Crippen LogP contribution < -0.4 is 16.2 Å². The van der Waals surface area contributed by atoms with E-state index in [1.807, 2.05) is 0 Å². The molecule has 0 aromatic heterocycles. The van der Waals surface area contributed by atoms with Gasteiger partial charge in [-0.2, -0.15) is 0 Å². The van der Waals surface area contributed by atoms with E-state index in [2.05, 4.69) is 32.1 Å². The third-order valence-electron chi connectivity index (χ3n) is 3.88. The molecule has 3 N–H and O–H groups in total. The van der Waals surface area contributed by atoms with Crippen LogP contribution in [-0.2, 0) is 19.1 Å². The predicted molar refractivity (Wildman–Crippen MR) is 120 cm³/mol. The number of hydrazine groups is 1. The fourth-order valence-corrected chi connectivity index (χ4v) is 3.01. The lowest BCUT2D eigenvalue weighted by Gasteiger charge is -2.10. The number of hydrogen-bond donors (Lipinski definition) is 3. The maximum Gasteiger partial charge on any atom is 0.306 e. The molecule has 2 aromatic carbocycles. The molecule has 0 radical (unpaired) electrons. The molecule has 0 saturated carbocycles. The highest BCUT2D eigenvalue weighted by molar-refractivity contribution is 9.10. The lowest BCUT2D eigenvalue weighted by Crippen LogP contribution is -2.41. The van der Waals surface area contributed by atoms with Crippen molar-refractivity contribution in [1.82, 2.24) is 10.9 Å². The Morgan fingerprint density at radius 2 is 1.65 bits per heavy atom. The molecule has 0 atom stereocenters. The van der Waals surface area contributed by atoms with E-state index in [0.29, 0.717) is 25.8 Å². The van der Waals surface area contributed by atoms with Crippen molar-refractivity contribution in [1.29, 1.82) is 0 Å². The highest BCUT2D eigenvalue weighted by Gasteiger charge is 2.13. The number of anilines is 1. The van der Waals surface area contributed by atoms with Crippen molar-refractivity contribution in [2.24, 2.45) is 0 Å². The molecule has 0 spiro atoms. The zero-order valence-corrected chi connectivity index (χ0v) is 19.4. The van der Waals surface area contributed by atoms with Gasteiger partial charge >= 0.3 is 5.97 Å². The molecule has 31 heavy (non-hydrogen) atoms. The van der Waals surface area contributed by atoms with Crippen molar-refractivity contribution < 1.29 is 23.9 Å². The van der Waals surface area contributed by atoms with Gasteiger partial charge in [-0.05, 0) is 64.8 Å². The van der Waals surface area contributed by atoms with Crippen LogP contribution in [0.1, 0.15) is 28.8 Å². The summed E-state index contributed by atoms with van der Waals surface area (Å²) in [6, 6.07) is 9.39. The first-order valence-electron chi connectivity index (χ1n) is 8.91. The first kappa shape index (κ1) is 24.6. The summed E-state index contributed by atoms with van der Waals surface area (Å²) in [5.74, 6) is -2.41. The minimum absolute atomic E-state index is 0.233. The Balaban J connectivity index is 1.68. The Bertz CT molecular complexity index is 999. The van der Waals surface area contributed by atoms with Gasteiger partial charge in [-0.3, -0.25) is 30.0 Å². The Morgan fingerprint density at radius 1 is 0.968 bits per heavy atom. The maximum atomic E-state index is 12.0. The van der Waals surface area contributed by atoms with E-state index in [-0.39, 0.29) is 12.8 Å². The van der Waals surface area contributed by atoms with Crippen LogP contribution in [0.4, 0.5) is 5.69 Å². The fraction of sp³-hybridized carbons (Fsp3) is 0.200. The van der Waals surface area contributed by atoms with Crippen molar-refractivity contribution in [2.45, 2.75) is 19.8 Å². The van der Waals surface area contributed by atoms with Gasteiger partial charge in [0, 0.05) is 27.2 Å². The number of rotatable bonds is 7. The number of nitrogens with one attached hydrogen (secondary N) is 3. The van der Waals surface area contributed by atoms with Crippen molar-refractivity contribution in [3.63, 3.8) is 0 Å². The van der Waals surface area contributed by atoms with Crippen LogP contribution in [0.15, 0.2) is 40.9 Å². The molecule has 0 unspecified atom stereocenters. The number of ether oxygens (including phenoxy) is 1. The highest BCUT2D eigenvalue weighted by atomic mass is 79.9. The smallest absolute Gasteiger partial charge is 0.306 e. The van der Waals surface area contributed by atoms with E-state index >= 15 is 0 Å². The predicted octanol–water partition coefficient (Wildman–Crippen LogP) is 3.79. The van der Waals surface area contributed by atoms with Crippen molar-refractivity contribution in [3.8, 4) is 0 Å². The van der Waals surface area contributed by atoms with Crippen LogP contribution in [0.5, 0.6) is 0 Å². The first-order valence-corrected chi connectivity index (χ1v) is 10.5. The lowest BCUT2D eigenvalue weighted by atomic mass is 10.2. The molecule has 2 aromatic rings. The van der Waals surface area contributed by atoms with E-state index in [1.165, 1.54) is 24.3 Å². The molecule has 2 rings (SSSR count). The number of esters is 1. The molecule has 0 aliphatic heterocycles. The molecule has 8 nitrogen and oxygen atoms in total. The quantitative estimate of drug-likeness (QED) is 0.372. The van der Waals surface area contributed by atoms with Crippen molar-refractivity contribution >= 4 is 68.5 Å². The third kappa shape index (κ3) is 8.20. The van der Waals surface area contributed by atoms with Crippen LogP contribution >= 0.6 is 39.1 Å². The van der Waals surface area contributed by atoms with Gasteiger partial charge < -0.3 is 10.1 Å². The van der Waals surface area contributed by atoms with Gasteiger partial charge in [-0.25, -0.2) is 0 Å². The standard InChI is InChI=1S/C20H18BrCl2N3O5/c1-11-8-14(21)15(23)9-16(11)24-18(28)10-31-19(29)7-6-17(27)25-26-20(30)12-2-4-13(22)5-3-12/h2-5,8-9H,6-7,10H2,1H3,(H,24,28)(H,25,27)(H,26,30). The number of amides is 3. The number of halogens is 3. The lowest BCUT2D eigenvalue weighted by molar-refractivity contribution is -0.148. The fourth-order valence-electron chi connectivity index (χ4n) is 2.26. The summed E-state index contributed by atoms with van der Waals surface area (Å²) in [6.45, 7) is 1.27. The molecule has 3 amide bonds.